The average Bonchev–Trinajstić information content (AvgIpc) is 2.96. The van der Waals surface area contributed by atoms with Crippen LogP contribution in [0.25, 0.3) is 0 Å². The van der Waals surface area contributed by atoms with Crippen molar-refractivity contribution < 1.29 is 0 Å². The summed E-state index contributed by atoms with van der Waals surface area (Å²) >= 11 is 17.3. The Balaban J connectivity index is 1.67. The lowest BCUT2D eigenvalue weighted by Crippen LogP contribution is -2.19. The van der Waals surface area contributed by atoms with Crippen LogP contribution in [0.3, 0.4) is 0 Å². The fraction of sp³-hybridized carbons (Fsp3) is 0.111. The summed E-state index contributed by atoms with van der Waals surface area (Å²) < 4.78 is 1.79. The Morgan fingerprint density at radius 3 is 2.72 bits per heavy atom. The molecule has 0 spiro atoms. The summed E-state index contributed by atoms with van der Waals surface area (Å²) in [5, 5.41) is 12.3. The van der Waals surface area contributed by atoms with E-state index in [4.69, 9.17) is 35.4 Å². The van der Waals surface area contributed by atoms with Crippen molar-refractivity contribution in [2.24, 2.45) is 0 Å². The molecule has 0 radical (unpaired) electrons. The molecule has 25 heavy (non-hydrogen) atoms. The van der Waals surface area contributed by atoms with Crippen LogP contribution < -0.4 is 10.6 Å². The number of benzene rings is 2. The van der Waals surface area contributed by atoms with E-state index in [1.54, 1.807) is 17.1 Å². The first-order valence-electron chi connectivity index (χ1n) is 7.61. The highest BCUT2D eigenvalue weighted by atomic mass is 35.5. The van der Waals surface area contributed by atoms with Crippen LogP contribution >= 0.6 is 35.4 Å². The Morgan fingerprint density at radius 1 is 1.12 bits per heavy atom. The molecule has 0 bridgehead atoms. The number of aryl methyl sites for hydroxylation is 1. The van der Waals surface area contributed by atoms with Crippen molar-refractivity contribution in [3.8, 4) is 0 Å². The van der Waals surface area contributed by atoms with E-state index in [9.17, 15) is 0 Å². The second-order valence-electron chi connectivity index (χ2n) is 5.59. The zero-order chi connectivity index (χ0) is 17.8. The number of nitrogens with zero attached hydrogens (tertiary/aromatic N) is 2. The largest absolute Gasteiger partial charge is 0.332 e. The van der Waals surface area contributed by atoms with E-state index in [1.165, 1.54) is 0 Å². The third-order valence-electron chi connectivity index (χ3n) is 3.58. The molecule has 0 aliphatic heterocycles. The monoisotopic (exact) mass is 390 g/mol. The summed E-state index contributed by atoms with van der Waals surface area (Å²) in [6, 6.07) is 13.6. The molecule has 0 unspecified atom stereocenters. The SMILES string of the molecule is Cc1ccc(Cl)cc1NC(=S)Nc1cccc(Cn2cc(Cl)cn2)c1. The van der Waals surface area contributed by atoms with Crippen LogP contribution in [0.2, 0.25) is 10.0 Å². The highest BCUT2D eigenvalue weighted by molar-refractivity contribution is 7.80. The lowest BCUT2D eigenvalue weighted by Gasteiger charge is -2.13. The Bertz CT molecular complexity index is 908. The molecule has 0 aliphatic carbocycles. The van der Waals surface area contributed by atoms with E-state index in [0.29, 0.717) is 21.7 Å². The van der Waals surface area contributed by atoms with Crippen LogP contribution in [0.4, 0.5) is 11.4 Å². The molecule has 4 nitrogen and oxygen atoms in total. The summed E-state index contributed by atoms with van der Waals surface area (Å²) in [5.74, 6) is 0. The van der Waals surface area contributed by atoms with Crippen molar-refractivity contribution in [3.63, 3.8) is 0 Å². The van der Waals surface area contributed by atoms with Gasteiger partial charge in [0.05, 0.1) is 17.8 Å². The molecule has 0 saturated carbocycles. The van der Waals surface area contributed by atoms with Crippen molar-refractivity contribution in [1.29, 1.82) is 0 Å². The van der Waals surface area contributed by atoms with Gasteiger partial charge in [0.15, 0.2) is 5.11 Å². The van der Waals surface area contributed by atoms with E-state index < -0.39 is 0 Å². The Kier molecular flexibility index (Phi) is 5.58. The molecule has 0 atom stereocenters. The predicted octanol–water partition coefficient (Wildman–Crippen LogP) is 5.36. The maximum Gasteiger partial charge on any atom is 0.175 e. The van der Waals surface area contributed by atoms with Gasteiger partial charge in [-0.3, -0.25) is 4.68 Å². The minimum Gasteiger partial charge on any atom is -0.332 e. The number of halogens is 2. The molecular weight excluding hydrogens is 375 g/mol. The minimum absolute atomic E-state index is 0.504. The van der Waals surface area contributed by atoms with Gasteiger partial charge in [-0.25, -0.2) is 0 Å². The van der Waals surface area contributed by atoms with Crippen molar-refractivity contribution in [2.45, 2.75) is 13.5 Å². The van der Waals surface area contributed by atoms with Gasteiger partial charge < -0.3 is 10.6 Å². The molecule has 0 amide bonds. The Hall–Kier alpha value is -2.08. The normalized spacial score (nSPS) is 10.5. The van der Waals surface area contributed by atoms with E-state index >= 15 is 0 Å². The van der Waals surface area contributed by atoms with Gasteiger partial charge in [-0.2, -0.15) is 5.10 Å². The Labute approximate surface area is 161 Å². The summed E-state index contributed by atoms with van der Waals surface area (Å²) in [6.07, 6.45) is 3.41. The number of hydrogen-bond donors (Lipinski definition) is 2. The fourth-order valence-corrected chi connectivity index (χ4v) is 2.93. The lowest BCUT2D eigenvalue weighted by molar-refractivity contribution is 0.687. The van der Waals surface area contributed by atoms with Crippen molar-refractivity contribution in [1.82, 2.24) is 9.78 Å². The standard InChI is InChI=1S/C18H16Cl2N4S/c1-12-5-6-14(19)8-17(12)23-18(25)22-16-4-2-3-13(7-16)10-24-11-15(20)9-21-24/h2-9,11H,10H2,1H3,(H2,22,23,25). The van der Waals surface area contributed by atoms with Gasteiger partial charge in [-0.1, -0.05) is 41.4 Å². The van der Waals surface area contributed by atoms with E-state index in [2.05, 4.69) is 15.7 Å². The highest BCUT2D eigenvalue weighted by Gasteiger charge is 2.04. The number of anilines is 2. The third kappa shape index (κ3) is 4.95. The molecule has 3 aromatic rings. The molecule has 128 valence electrons. The maximum absolute atomic E-state index is 6.04. The molecule has 0 aliphatic rings. The smallest absolute Gasteiger partial charge is 0.175 e. The number of nitrogens with one attached hydrogen (secondary N) is 2. The molecule has 2 N–H and O–H groups in total. The quantitative estimate of drug-likeness (QED) is 0.588. The van der Waals surface area contributed by atoms with Gasteiger partial charge in [0.25, 0.3) is 0 Å². The molecule has 2 aromatic carbocycles. The van der Waals surface area contributed by atoms with E-state index in [1.807, 2.05) is 49.4 Å². The Morgan fingerprint density at radius 2 is 1.96 bits per heavy atom. The summed E-state index contributed by atoms with van der Waals surface area (Å²) in [6.45, 7) is 2.63. The van der Waals surface area contributed by atoms with Crippen LogP contribution in [-0.4, -0.2) is 14.9 Å². The minimum atomic E-state index is 0.504. The lowest BCUT2D eigenvalue weighted by atomic mass is 10.2. The molecule has 1 heterocycles. The molecule has 0 saturated heterocycles. The van der Waals surface area contributed by atoms with Gasteiger partial charge in [0.1, 0.15) is 0 Å². The first-order valence-corrected chi connectivity index (χ1v) is 8.77. The van der Waals surface area contributed by atoms with Crippen LogP contribution in [-0.2, 0) is 6.54 Å². The number of hydrogen-bond acceptors (Lipinski definition) is 2. The second kappa shape index (κ2) is 7.87. The predicted molar refractivity (Wildman–Crippen MR) is 109 cm³/mol. The van der Waals surface area contributed by atoms with Crippen LogP contribution in [0.1, 0.15) is 11.1 Å². The highest BCUT2D eigenvalue weighted by Crippen LogP contribution is 2.21. The zero-order valence-corrected chi connectivity index (χ0v) is 15.8. The molecule has 0 fully saturated rings. The molecule has 1 aromatic heterocycles. The van der Waals surface area contributed by atoms with Gasteiger partial charge in [0.2, 0.25) is 0 Å². The second-order valence-corrected chi connectivity index (χ2v) is 6.88. The van der Waals surface area contributed by atoms with Crippen molar-refractivity contribution >= 4 is 51.9 Å². The zero-order valence-electron chi connectivity index (χ0n) is 13.5. The summed E-state index contributed by atoms with van der Waals surface area (Å²) in [4.78, 5) is 0. The van der Waals surface area contributed by atoms with Crippen LogP contribution in [0.15, 0.2) is 54.9 Å². The van der Waals surface area contributed by atoms with Gasteiger partial charge in [-0.15, -0.1) is 0 Å². The topological polar surface area (TPSA) is 41.9 Å². The maximum atomic E-state index is 6.04. The van der Waals surface area contributed by atoms with Crippen molar-refractivity contribution in [3.05, 3.63) is 76.0 Å². The summed E-state index contributed by atoms with van der Waals surface area (Å²) in [5.41, 5.74) is 3.93. The molecule has 7 heteroatoms. The number of aromatic nitrogens is 2. The summed E-state index contributed by atoms with van der Waals surface area (Å²) in [7, 11) is 0. The van der Waals surface area contributed by atoms with Gasteiger partial charge in [-0.05, 0) is 54.5 Å². The van der Waals surface area contributed by atoms with E-state index in [0.717, 1.165) is 22.5 Å². The van der Waals surface area contributed by atoms with Crippen LogP contribution in [0.5, 0.6) is 0 Å². The molecule has 3 rings (SSSR count). The molecular formula is C18H16Cl2N4S. The number of thiocarbonyl (C=S) groups is 1. The van der Waals surface area contributed by atoms with E-state index in [-0.39, 0.29) is 0 Å². The van der Waals surface area contributed by atoms with Crippen LogP contribution in [0, 0.1) is 6.92 Å². The first kappa shape index (κ1) is 17.7. The van der Waals surface area contributed by atoms with Crippen molar-refractivity contribution in [2.75, 3.05) is 10.6 Å². The van der Waals surface area contributed by atoms with Gasteiger partial charge >= 0.3 is 0 Å². The number of rotatable bonds is 4. The fourth-order valence-electron chi connectivity index (χ4n) is 2.37. The van der Waals surface area contributed by atoms with Gasteiger partial charge in [0, 0.05) is 22.6 Å². The first-order chi connectivity index (χ1) is 12.0. The third-order valence-corrected chi connectivity index (χ3v) is 4.21. The average molecular weight is 391 g/mol.